The zero-order valence-corrected chi connectivity index (χ0v) is 16.8. The standard InChI is InChI=1S/C17H17ClN2O7S/c1-11-8-13(5-7-16(11)26-2)28(24,25)19(10-17(21)27-3)15-9-12(20(22)23)4-6-14(15)18/h4-9H,10H2,1-3H3. The van der Waals surface area contributed by atoms with Crippen molar-refractivity contribution in [2.75, 3.05) is 25.1 Å². The summed E-state index contributed by atoms with van der Waals surface area (Å²) in [4.78, 5) is 22.1. The van der Waals surface area contributed by atoms with Crippen LogP contribution in [-0.4, -0.2) is 40.1 Å². The van der Waals surface area contributed by atoms with Gasteiger partial charge in [-0.25, -0.2) is 8.42 Å². The van der Waals surface area contributed by atoms with Crippen LogP contribution in [0.15, 0.2) is 41.3 Å². The number of aryl methyl sites for hydroxylation is 1. The number of benzene rings is 2. The van der Waals surface area contributed by atoms with E-state index in [1.165, 1.54) is 31.4 Å². The molecule has 0 aliphatic heterocycles. The van der Waals surface area contributed by atoms with Gasteiger partial charge in [0.1, 0.15) is 12.3 Å². The van der Waals surface area contributed by atoms with Gasteiger partial charge in [0.25, 0.3) is 15.7 Å². The van der Waals surface area contributed by atoms with Crippen LogP contribution in [0, 0.1) is 17.0 Å². The number of hydrogen-bond acceptors (Lipinski definition) is 7. The Morgan fingerprint density at radius 2 is 1.89 bits per heavy atom. The average Bonchev–Trinajstić information content (AvgIpc) is 2.66. The Morgan fingerprint density at radius 3 is 2.43 bits per heavy atom. The molecule has 0 amide bonds. The van der Waals surface area contributed by atoms with E-state index in [1.807, 2.05) is 0 Å². The Labute approximate surface area is 166 Å². The molecule has 0 atom stereocenters. The number of nitro benzene ring substituents is 1. The van der Waals surface area contributed by atoms with Gasteiger partial charge >= 0.3 is 5.97 Å². The lowest BCUT2D eigenvalue weighted by Gasteiger charge is -2.24. The third kappa shape index (κ3) is 4.34. The number of esters is 1. The quantitative estimate of drug-likeness (QED) is 0.378. The van der Waals surface area contributed by atoms with E-state index in [9.17, 15) is 23.3 Å². The number of carbonyl (C=O) groups is 1. The summed E-state index contributed by atoms with van der Waals surface area (Å²) in [5, 5.41) is 11.0. The van der Waals surface area contributed by atoms with E-state index in [-0.39, 0.29) is 21.3 Å². The molecule has 0 aliphatic carbocycles. The molecule has 2 aromatic rings. The summed E-state index contributed by atoms with van der Waals surface area (Å²) in [6.07, 6.45) is 0. The lowest BCUT2D eigenvalue weighted by Crippen LogP contribution is -2.36. The van der Waals surface area contributed by atoms with Crippen molar-refractivity contribution in [2.45, 2.75) is 11.8 Å². The number of methoxy groups -OCH3 is 2. The Morgan fingerprint density at radius 1 is 1.21 bits per heavy atom. The maximum absolute atomic E-state index is 13.2. The van der Waals surface area contributed by atoms with Crippen molar-refractivity contribution in [2.24, 2.45) is 0 Å². The molecule has 0 spiro atoms. The van der Waals surface area contributed by atoms with E-state index in [0.29, 0.717) is 15.6 Å². The van der Waals surface area contributed by atoms with E-state index in [1.54, 1.807) is 6.92 Å². The summed E-state index contributed by atoms with van der Waals surface area (Å²) >= 11 is 6.09. The molecule has 0 fully saturated rings. The lowest BCUT2D eigenvalue weighted by molar-refractivity contribution is -0.384. The Hall–Kier alpha value is -2.85. The molecule has 0 saturated carbocycles. The van der Waals surface area contributed by atoms with Crippen molar-refractivity contribution in [1.82, 2.24) is 0 Å². The van der Waals surface area contributed by atoms with Crippen molar-refractivity contribution < 1.29 is 27.6 Å². The number of hydrogen-bond donors (Lipinski definition) is 0. The van der Waals surface area contributed by atoms with E-state index >= 15 is 0 Å². The second-order valence-electron chi connectivity index (χ2n) is 5.61. The summed E-state index contributed by atoms with van der Waals surface area (Å²) in [6.45, 7) is 0.938. The summed E-state index contributed by atoms with van der Waals surface area (Å²) in [5.41, 5.74) is -0.0446. The number of halogens is 1. The topological polar surface area (TPSA) is 116 Å². The van der Waals surface area contributed by atoms with Crippen molar-refractivity contribution >= 4 is 39.0 Å². The summed E-state index contributed by atoms with van der Waals surface area (Å²) in [5.74, 6) is -0.386. The number of nitro groups is 1. The maximum Gasteiger partial charge on any atom is 0.326 e. The average molecular weight is 429 g/mol. The van der Waals surface area contributed by atoms with Gasteiger partial charge < -0.3 is 9.47 Å². The zero-order chi connectivity index (χ0) is 21.1. The molecule has 0 bridgehead atoms. The minimum atomic E-state index is -4.30. The SMILES string of the molecule is COC(=O)CN(c1cc([N+](=O)[O-])ccc1Cl)S(=O)(=O)c1ccc(OC)c(C)c1. The molecular formula is C17H17ClN2O7S. The van der Waals surface area contributed by atoms with Crippen LogP contribution >= 0.6 is 11.6 Å². The molecule has 2 aromatic carbocycles. The number of nitrogens with zero attached hydrogens (tertiary/aromatic N) is 2. The van der Waals surface area contributed by atoms with Crippen molar-refractivity contribution in [3.8, 4) is 5.75 Å². The van der Waals surface area contributed by atoms with Crippen molar-refractivity contribution in [3.63, 3.8) is 0 Å². The smallest absolute Gasteiger partial charge is 0.326 e. The minimum Gasteiger partial charge on any atom is -0.496 e. The maximum atomic E-state index is 13.2. The van der Waals surface area contributed by atoms with Crippen molar-refractivity contribution in [1.29, 1.82) is 0 Å². The number of ether oxygens (including phenoxy) is 2. The van der Waals surface area contributed by atoms with Crippen molar-refractivity contribution in [3.05, 3.63) is 57.1 Å². The molecule has 2 rings (SSSR count). The molecule has 0 N–H and O–H groups in total. The summed E-state index contributed by atoms with van der Waals surface area (Å²) < 4.78 is 36.8. The molecule has 0 saturated heterocycles. The van der Waals surface area contributed by atoms with Gasteiger partial charge in [-0.15, -0.1) is 0 Å². The fourth-order valence-electron chi connectivity index (χ4n) is 2.43. The monoisotopic (exact) mass is 428 g/mol. The van der Waals surface area contributed by atoms with E-state index < -0.39 is 27.5 Å². The van der Waals surface area contributed by atoms with Gasteiger partial charge in [0.2, 0.25) is 0 Å². The molecular weight excluding hydrogens is 412 g/mol. The number of non-ortho nitro benzene ring substituents is 1. The fourth-order valence-corrected chi connectivity index (χ4v) is 4.20. The predicted molar refractivity (Wildman–Crippen MR) is 102 cm³/mol. The Balaban J connectivity index is 2.66. The van der Waals surface area contributed by atoms with Gasteiger partial charge in [-0.2, -0.15) is 0 Å². The lowest BCUT2D eigenvalue weighted by atomic mass is 10.2. The molecule has 9 nitrogen and oxygen atoms in total. The molecule has 0 radical (unpaired) electrons. The van der Waals surface area contributed by atoms with Gasteiger partial charge in [-0.3, -0.25) is 19.2 Å². The molecule has 0 aromatic heterocycles. The summed E-state index contributed by atoms with van der Waals surface area (Å²) in [6, 6.07) is 7.44. The van der Waals surface area contributed by atoms with Gasteiger partial charge in [0, 0.05) is 12.1 Å². The normalized spacial score (nSPS) is 11.0. The number of sulfonamides is 1. The first-order chi connectivity index (χ1) is 13.1. The van der Waals surface area contributed by atoms with Gasteiger partial charge in [-0.05, 0) is 36.8 Å². The van der Waals surface area contributed by atoms with Crippen LogP contribution in [0.1, 0.15) is 5.56 Å². The second-order valence-corrected chi connectivity index (χ2v) is 7.88. The van der Waals surface area contributed by atoms with Gasteiger partial charge in [0.05, 0.1) is 34.7 Å². The van der Waals surface area contributed by atoms with Crippen LogP contribution in [0.5, 0.6) is 5.75 Å². The Kier molecular flexibility index (Phi) is 6.47. The molecule has 0 heterocycles. The third-order valence-electron chi connectivity index (χ3n) is 3.86. The van der Waals surface area contributed by atoms with Gasteiger partial charge in [-0.1, -0.05) is 11.6 Å². The first-order valence-electron chi connectivity index (χ1n) is 7.80. The van der Waals surface area contributed by atoms with E-state index in [0.717, 1.165) is 19.2 Å². The highest BCUT2D eigenvalue weighted by atomic mass is 35.5. The molecule has 150 valence electrons. The van der Waals surface area contributed by atoms with E-state index in [4.69, 9.17) is 16.3 Å². The highest BCUT2D eigenvalue weighted by Crippen LogP contribution is 2.34. The number of rotatable bonds is 7. The molecule has 28 heavy (non-hydrogen) atoms. The van der Waals surface area contributed by atoms with Gasteiger partial charge in [0.15, 0.2) is 0 Å². The third-order valence-corrected chi connectivity index (χ3v) is 5.94. The van der Waals surface area contributed by atoms with Crippen LogP contribution in [0.2, 0.25) is 5.02 Å². The van der Waals surface area contributed by atoms with Crippen LogP contribution in [0.3, 0.4) is 0 Å². The largest absolute Gasteiger partial charge is 0.496 e. The van der Waals surface area contributed by atoms with Crippen LogP contribution in [-0.2, 0) is 19.6 Å². The van der Waals surface area contributed by atoms with E-state index in [2.05, 4.69) is 4.74 Å². The first kappa shape index (κ1) is 21.5. The van der Waals surface area contributed by atoms with Crippen LogP contribution in [0.4, 0.5) is 11.4 Å². The number of carbonyl (C=O) groups excluding carboxylic acids is 1. The summed E-state index contributed by atoms with van der Waals surface area (Å²) in [7, 11) is -1.76. The number of anilines is 1. The first-order valence-corrected chi connectivity index (χ1v) is 9.61. The van der Waals surface area contributed by atoms with Crippen LogP contribution in [0.25, 0.3) is 0 Å². The fraction of sp³-hybridized carbons (Fsp3) is 0.235. The molecule has 0 aliphatic rings. The highest BCUT2D eigenvalue weighted by Gasteiger charge is 2.30. The molecule has 0 unspecified atom stereocenters. The predicted octanol–water partition coefficient (Wildman–Crippen LogP) is 2.93. The Bertz CT molecular complexity index is 1020. The second kappa shape index (κ2) is 8.44. The minimum absolute atomic E-state index is 0.0803. The molecule has 11 heteroatoms. The highest BCUT2D eigenvalue weighted by molar-refractivity contribution is 7.92. The zero-order valence-electron chi connectivity index (χ0n) is 15.2. The van der Waals surface area contributed by atoms with Crippen LogP contribution < -0.4 is 9.04 Å².